The van der Waals surface area contributed by atoms with E-state index in [0.717, 1.165) is 12.8 Å². The molecule has 1 fully saturated rings. The third-order valence-corrected chi connectivity index (χ3v) is 3.54. The highest BCUT2D eigenvalue weighted by molar-refractivity contribution is 6.34. The van der Waals surface area contributed by atoms with Gasteiger partial charge in [0.05, 0.1) is 16.4 Å². The average molecular weight is 268 g/mol. The van der Waals surface area contributed by atoms with Crippen molar-refractivity contribution in [2.45, 2.75) is 38.1 Å². The first-order chi connectivity index (χ1) is 8.66. The highest BCUT2D eigenvalue weighted by atomic mass is 35.5. The largest absolute Gasteiger partial charge is 0.397 e. The van der Waals surface area contributed by atoms with Gasteiger partial charge >= 0.3 is 6.03 Å². The molecule has 2 amide bonds. The first-order valence-corrected chi connectivity index (χ1v) is 6.66. The first-order valence-electron chi connectivity index (χ1n) is 6.28. The SMILES string of the molecule is Nc1cccc(Cl)c1NC(=O)NC1CCCCC1. The Labute approximate surface area is 112 Å². The number of anilines is 2. The van der Waals surface area contributed by atoms with E-state index in [4.69, 9.17) is 17.3 Å². The van der Waals surface area contributed by atoms with E-state index in [1.165, 1.54) is 19.3 Å². The normalized spacial score (nSPS) is 16.3. The smallest absolute Gasteiger partial charge is 0.319 e. The number of hydrogen-bond acceptors (Lipinski definition) is 2. The molecule has 98 valence electrons. The van der Waals surface area contributed by atoms with E-state index in [1.807, 2.05) is 0 Å². The minimum Gasteiger partial charge on any atom is -0.397 e. The highest BCUT2D eigenvalue weighted by Gasteiger charge is 2.16. The zero-order chi connectivity index (χ0) is 13.0. The molecule has 0 unspecified atom stereocenters. The Bertz CT molecular complexity index is 410. The van der Waals surface area contributed by atoms with Gasteiger partial charge < -0.3 is 16.4 Å². The van der Waals surface area contributed by atoms with Gasteiger partial charge in [0.25, 0.3) is 0 Å². The minimum atomic E-state index is -0.235. The summed E-state index contributed by atoms with van der Waals surface area (Å²) in [6, 6.07) is 5.20. The fraction of sp³-hybridized carbons (Fsp3) is 0.462. The van der Waals surface area contributed by atoms with Gasteiger partial charge in [-0.15, -0.1) is 0 Å². The zero-order valence-corrected chi connectivity index (χ0v) is 11.0. The van der Waals surface area contributed by atoms with Crippen LogP contribution in [0.25, 0.3) is 0 Å². The second kappa shape index (κ2) is 5.96. The third-order valence-electron chi connectivity index (χ3n) is 3.22. The maximum absolute atomic E-state index is 11.8. The number of carbonyl (C=O) groups excluding carboxylic acids is 1. The van der Waals surface area contributed by atoms with Gasteiger partial charge in [-0.3, -0.25) is 0 Å². The van der Waals surface area contributed by atoms with E-state index in [0.29, 0.717) is 16.4 Å². The maximum atomic E-state index is 11.8. The average Bonchev–Trinajstić information content (AvgIpc) is 2.35. The molecule has 2 rings (SSSR count). The maximum Gasteiger partial charge on any atom is 0.319 e. The second-order valence-electron chi connectivity index (χ2n) is 4.64. The number of halogens is 1. The number of rotatable bonds is 2. The van der Waals surface area contributed by atoms with Crippen molar-refractivity contribution in [1.29, 1.82) is 0 Å². The monoisotopic (exact) mass is 267 g/mol. The summed E-state index contributed by atoms with van der Waals surface area (Å²) in [6.07, 6.45) is 5.71. The lowest BCUT2D eigenvalue weighted by Crippen LogP contribution is -2.39. The quantitative estimate of drug-likeness (QED) is 0.719. The van der Waals surface area contributed by atoms with Crippen LogP contribution in [0.2, 0.25) is 5.02 Å². The molecule has 0 radical (unpaired) electrons. The van der Waals surface area contributed by atoms with Gasteiger partial charge in [0, 0.05) is 6.04 Å². The van der Waals surface area contributed by atoms with E-state index < -0.39 is 0 Å². The van der Waals surface area contributed by atoms with Crippen LogP contribution in [0.4, 0.5) is 16.2 Å². The molecule has 4 N–H and O–H groups in total. The molecule has 4 nitrogen and oxygen atoms in total. The van der Waals surface area contributed by atoms with Crippen molar-refractivity contribution in [1.82, 2.24) is 5.32 Å². The van der Waals surface area contributed by atoms with Crippen LogP contribution in [0.15, 0.2) is 18.2 Å². The van der Waals surface area contributed by atoms with Gasteiger partial charge in [-0.1, -0.05) is 36.9 Å². The number of hydrogen-bond donors (Lipinski definition) is 3. The molecule has 0 heterocycles. The van der Waals surface area contributed by atoms with Gasteiger partial charge in [0.1, 0.15) is 0 Å². The molecule has 18 heavy (non-hydrogen) atoms. The van der Waals surface area contributed by atoms with Crippen LogP contribution in [-0.2, 0) is 0 Å². The first kappa shape index (κ1) is 13.0. The number of nitrogens with two attached hydrogens (primary N) is 1. The Morgan fingerprint density at radius 2 is 2.00 bits per heavy atom. The molecule has 1 aromatic carbocycles. The van der Waals surface area contributed by atoms with Gasteiger partial charge in [-0.2, -0.15) is 0 Å². The molecule has 0 aliphatic heterocycles. The molecule has 0 spiro atoms. The summed E-state index contributed by atoms with van der Waals surface area (Å²) >= 11 is 5.99. The van der Waals surface area contributed by atoms with Crippen molar-refractivity contribution >= 4 is 29.0 Å². The summed E-state index contributed by atoms with van der Waals surface area (Å²) < 4.78 is 0. The lowest BCUT2D eigenvalue weighted by atomic mass is 9.96. The number of urea groups is 1. The third kappa shape index (κ3) is 3.29. The number of para-hydroxylation sites is 1. The number of carbonyl (C=O) groups is 1. The molecule has 0 bridgehead atoms. The Balaban J connectivity index is 1.94. The summed E-state index contributed by atoms with van der Waals surface area (Å²) in [5, 5.41) is 6.13. The van der Waals surface area contributed by atoms with Gasteiger partial charge in [-0.05, 0) is 25.0 Å². The fourth-order valence-electron chi connectivity index (χ4n) is 2.25. The highest BCUT2D eigenvalue weighted by Crippen LogP contribution is 2.27. The molecule has 5 heteroatoms. The second-order valence-corrected chi connectivity index (χ2v) is 5.04. The van der Waals surface area contributed by atoms with Crippen LogP contribution in [0, 0.1) is 0 Å². The Morgan fingerprint density at radius 3 is 2.67 bits per heavy atom. The molecular weight excluding hydrogens is 250 g/mol. The summed E-state index contributed by atoms with van der Waals surface area (Å²) in [7, 11) is 0. The molecule has 1 aromatic rings. The summed E-state index contributed by atoms with van der Waals surface area (Å²) in [6.45, 7) is 0. The Hall–Kier alpha value is -1.42. The summed E-state index contributed by atoms with van der Waals surface area (Å²) in [4.78, 5) is 11.8. The van der Waals surface area contributed by atoms with Crippen molar-refractivity contribution in [2.75, 3.05) is 11.1 Å². The van der Waals surface area contributed by atoms with Crippen LogP contribution in [0.5, 0.6) is 0 Å². The number of amides is 2. The molecule has 1 aliphatic rings. The number of nitrogen functional groups attached to an aromatic ring is 1. The lowest BCUT2D eigenvalue weighted by Gasteiger charge is -2.23. The van der Waals surface area contributed by atoms with Crippen LogP contribution in [0.3, 0.4) is 0 Å². The van der Waals surface area contributed by atoms with E-state index in [9.17, 15) is 4.79 Å². The van der Waals surface area contributed by atoms with Crippen LogP contribution >= 0.6 is 11.6 Å². The van der Waals surface area contributed by atoms with Crippen molar-refractivity contribution in [3.05, 3.63) is 23.2 Å². The van der Waals surface area contributed by atoms with E-state index in [1.54, 1.807) is 18.2 Å². The predicted octanol–water partition coefficient (Wildman–Crippen LogP) is 3.38. The van der Waals surface area contributed by atoms with Crippen molar-refractivity contribution in [3.8, 4) is 0 Å². The molecule has 0 aromatic heterocycles. The van der Waals surface area contributed by atoms with Crippen molar-refractivity contribution < 1.29 is 4.79 Å². The topological polar surface area (TPSA) is 67.1 Å². The molecule has 0 saturated heterocycles. The molecule has 0 atom stereocenters. The van der Waals surface area contributed by atoms with Crippen LogP contribution < -0.4 is 16.4 Å². The summed E-state index contributed by atoms with van der Waals surface area (Å²) in [5.74, 6) is 0. The van der Waals surface area contributed by atoms with Crippen LogP contribution in [0.1, 0.15) is 32.1 Å². The molecule has 1 saturated carbocycles. The van der Waals surface area contributed by atoms with Crippen LogP contribution in [-0.4, -0.2) is 12.1 Å². The van der Waals surface area contributed by atoms with Gasteiger partial charge in [0.15, 0.2) is 0 Å². The number of nitrogens with one attached hydrogen (secondary N) is 2. The minimum absolute atomic E-state index is 0.235. The van der Waals surface area contributed by atoms with Gasteiger partial charge in [-0.25, -0.2) is 4.79 Å². The fourth-order valence-corrected chi connectivity index (χ4v) is 2.48. The Kier molecular flexibility index (Phi) is 4.31. The van der Waals surface area contributed by atoms with E-state index >= 15 is 0 Å². The molecule has 1 aliphatic carbocycles. The van der Waals surface area contributed by atoms with Crippen molar-refractivity contribution in [3.63, 3.8) is 0 Å². The van der Waals surface area contributed by atoms with E-state index in [-0.39, 0.29) is 12.1 Å². The zero-order valence-electron chi connectivity index (χ0n) is 10.2. The lowest BCUT2D eigenvalue weighted by molar-refractivity contribution is 0.244. The van der Waals surface area contributed by atoms with Gasteiger partial charge in [0.2, 0.25) is 0 Å². The van der Waals surface area contributed by atoms with Crippen molar-refractivity contribution in [2.24, 2.45) is 0 Å². The van der Waals surface area contributed by atoms with E-state index in [2.05, 4.69) is 10.6 Å². The summed E-state index contributed by atoms with van der Waals surface area (Å²) in [5.41, 5.74) is 6.73. The Morgan fingerprint density at radius 1 is 1.28 bits per heavy atom. The number of benzene rings is 1. The standard InChI is InChI=1S/C13H18ClN3O/c14-10-7-4-8-11(15)12(10)17-13(18)16-9-5-2-1-3-6-9/h4,7-9H,1-3,5-6,15H2,(H2,16,17,18). The predicted molar refractivity (Wildman–Crippen MR) is 74.9 cm³/mol. The molecular formula is C13H18ClN3O.